The second-order valence-corrected chi connectivity index (χ2v) is 8.61. The Morgan fingerprint density at radius 2 is 1.90 bits per heavy atom. The summed E-state index contributed by atoms with van der Waals surface area (Å²) in [5.41, 5.74) is 1.78. The molecule has 0 bridgehead atoms. The van der Waals surface area contributed by atoms with E-state index in [2.05, 4.69) is 41.4 Å². The first-order chi connectivity index (χ1) is 13.6. The minimum Gasteiger partial charge on any atom is -0.345 e. The first-order valence-electron chi connectivity index (χ1n) is 9.31. The van der Waals surface area contributed by atoms with E-state index in [1.54, 1.807) is 13.0 Å². The van der Waals surface area contributed by atoms with Gasteiger partial charge >= 0.3 is 0 Å². The van der Waals surface area contributed by atoms with Crippen molar-refractivity contribution < 1.29 is 4.79 Å². The molecule has 0 radical (unpaired) electrons. The van der Waals surface area contributed by atoms with Crippen molar-refractivity contribution >= 4 is 17.5 Å². The molecule has 0 saturated heterocycles. The second-order valence-electron chi connectivity index (χ2n) is 8.18. The zero-order chi connectivity index (χ0) is 21.2. The molecule has 1 amide bonds. The van der Waals surface area contributed by atoms with Gasteiger partial charge in [0.15, 0.2) is 5.82 Å². The molecule has 0 aliphatic carbocycles. The Morgan fingerprint density at radius 3 is 2.48 bits per heavy atom. The first-order valence-corrected chi connectivity index (χ1v) is 9.69. The van der Waals surface area contributed by atoms with Crippen LogP contribution in [0, 0.1) is 12.3 Å². The number of aromatic nitrogens is 4. The highest BCUT2D eigenvalue weighted by Gasteiger charge is 2.24. The number of hydrogen-bond donors (Lipinski definition) is 2. The van der Waals surface area contributed by atoms with Crippen molar-refractivity contribution in [2.75, 3.05) is 0 Å². The van der Waals surface area contributed by atoms with Crippen LogP contribution in [-0.4, -0.2) is 25.9 Å². The molecule has 0 aliphatic rings. The molecule has 1 aromatic carbocycles. The molecule has 0 aliphatic heterocycles. The van der Waals surface area contributed by atoms with Gasteiger partial charge in [0.25, 0.3) is 11.5 Å². The number of amides is 1. The van der Waals surface area contributed by atoms with Crippen molar-refractivity contribution in [2.24, 2.45) is 5.41 Å². The fourth-order valence-corrected chi connectivity index (χ4v) is 3.24. The summed E-state index contributed by atoms with van der Waals surface area (Å²) >= 11 is 6.02. The van der Waals surface area contributed by atoms with E-state index in [9.17, 15) is 9.59 Å². The summed E-state index contributed by atoms with van der Waals surface area (Å²) in [7, 11) is 0. The lowest BCUT2D eigenvalue weighted by Crippen LogP contribution is -2.31. The van der Waals surface area contributed by atoms with Gasteiger partial charge in [0.05, 0.1) is 23.5 Å². The van der Waals surface area contributed by atoms with E-state index in [0.717, 1.165) is 12.0 Å². The fraction of sp³-hybridized carbons (Fsp3) is 0.333. The molecule has 0 spiro atoms. The highest BCUT2D eigenvalue weighted by Crippen LogP contribution is 2.30. The molecule has 2 aromatic heterocycles. The smallest absolute Gasteiger partial charge is 0.264 e. The first kappa shape index (κ1) is 20.8. The number of nitrogens with zero attached hydrogens (tertiary/aromatic N) is 3. The largest absolute Gasteiger partial charge is 0.345 e. The molecule has 8 heteroatoms. The third-order valence-corrected chi connectivity index (χ3v) is 4.78. The van der Waals surface area contributed by atoms with E-state index < -0.39 is 0 Å². The second kappa shape index (κ2) is 8.21. The molecule has 2 N–H and O–H groups in total. The summed E-state index contributed by atoms with van der Waals surface area (Å²) in [6.45, 7) is 8.18. The Hall–Kier alpha value is -2.93. The number of hydrogen-bond acceptors (Lipinski definition) is 4. The van der Waals surface area contributed by atoms with Crippen molar-refractivity contribution in [1.82, 2.24) is 25.3 Å². The number of halogens is 1. The highest BCUT2D eigenvalue weighted by atomic mass is 35.5. The lowest BCUT2D eigenvalue weighted by Gasteiger charge is -2.27. The van der Waals surface area contributed by atoms with E-state index in [1.165, 1.54) is 16.9 Å². The third kappa shape index (κ3) is 5.12. The maximum Gasteiger partial charge on any atom is 0.264 e. The summed E-state index contributed by atoms with van der Waals surface area (Å²) in [6.07, 6.45) is 2.27. The molecular formula is C21H24ClN5O2. The van der Waals surface area contributed by atoms with Gasteiger partial charge in [-0.15, -0.1) is 0 Å². The summed E-state index contributed by atoms with van der Waals surface area (Å²) in [4.78, 5) is 24.3. The van der Waals surface area contributed by atoms with Gasteiger partial charge in [0.1, 0.15) is 0 Å². The number of H-pyrrole nitrogens is 1. The average molecular weight is 414 g/mol. The number of aromatic amines is 1. The SMILES string of the molecule is Cc1c(C(=O)NC(CC(C)(C)C)c2ccc(Cl)cc2)cnn1-c1ccc(=O)[nH]n1. The van der Waals surface area contributed by atoms with Crippen LogP contribution in [-0.2, 0) is 0 Å². The Morgan fingerprint density at radius 1 is 1.21 bits per heavy atom. The summed E-state index contributed by atoms with van der Waals surface area (Å²) < 4.78 is 1.52. The molecule has 7 nitrogen and oxygen atoms in total. The van der Waals surface area contributed by atoms with Crippen molar-refractivity contribution in [3.05, 3.63) is 74.8 Å². The highest BCUT2D eigenvalue weighted by molar-refractivity contribution is 6.30. The summed E-state index contributed by atoms with van der Waals surface area (Å²) in [6, 6.07) is 10.3. The van der Waals surface area contributed by atoms with Crippen LogP contribution in [0.5, 0.6) is 0 Å². The Bertz CT molecular complexity index is 1040. The molecule has 3 rings (SSSR count). The van der Waals surface area contributed by atoms with Gasteiger partial charge in [-0.05, 0) is 42.5 Å². The normalized spacial score (nSPS) is 12.6. The third-order valence-electron chi connectivity index (χ3n) is 4.53. The average Bonchev–Trinajstić information content (AvgIpc) is 3.03. The Balaban J connectivity index is 1.87. The number of carbonyl (C=O) groups is 1. The predicted molar refractivity (Wildman–Crippen MR) is 112 cm³/mol. The predicted octanol–water partition coefficient (Wildman–Crippen LogP) is 3.82. The quantitative estimate of drug-likeness (QED) is 0.664. The molecule has 3 aromatic rings. The van der Waals surface area contributed by atoms with Gasteiger partial charge in [0, 0.05) is 11.1 Å². The van der Waals surface area contributed by atoms with Gasteiger partial charge in [-0.3, -0.25) is 9.59 Å². The van der Waals surface area contributed by atoms with Crippen LogP contribution in [0.4, 0.5) is 0 Å². The Labute approximate surface area is 174 Å². The molecule has 0 saturated carbocycles. The maximum absolute atomic E-state index is 13.0. The van der Waals surface area contributed by atoms with Crippen molar-refractivity contribution in [3.8, 4) is 5.82 Å². The number of benzene rings is 1. The van der Waals surface area contributed by atoms with Crippen LogP contribution in [0.1, 0.15) is 54.8 Å². The number of carbonyl (C=O) groups excluding carboxylic acids is 1. The van der Waals surface area contributed by atoms with Crippen molar-refractivity contribution in [2.45, 2.75) is 40.2 Å². The van der Waals surface area contributed by atoms with Crippen LogP contribution in [0.15, 0.2) is 47.4 Å². The van der Waals surface area contributed by atoms with E-state index in [-0.39, 0.29) is 22.9 Å². The molecular weight excluding hydrogens is 390 g/mol. The van der Waals surface area contributed by atoms with Crippen LogP contribution < -0.4 is 10.9 Å². The molecule has 29 heavy (non-hydrogen) atoms. The van der Waals surface area contributed by atoms with Crippen LogP contribution in [0.2, 0.25) is 5.02 Å². The summed E-state index contributed by atoms with van der Waals surface area (Å²) in [5.74, 6) is 0.215. The van der Waals surface area contributed by atoms with Crippen LogP contribution in [0.25, 0.3) is 5.82 Å². The minimum absolute atomic E-state index is 0.0106. The summed E-state index contributed by atoms with van der Waals surface area (Å²) in [5, 5.41) is 14.4. The fourth-order valence-electron chi connectivity index (χ4n) is 3.11. The molecule has 152 valence electrons. The van der Waals surface area contributed by atoms with Crippen molar-refractivity contribution in [1.29, 1.82) is 0 Å². The molecule has 2 heterocycles. The standard InChI is InChI=1S/C21H24ClN5O2/c1-13-16(12-23-27(13)18-9-10-19(28)26-25-18)20(29)24-17(11-21(2,3)4)14-5-7-15(22)8-6-14/h5-10,12,17H,11H2,1-4H3,(H,24,29)(H,26,28). The molecule has 1 unspecified atom stereocenters. The van der Waals surface area contributed by atoms with E-state index in [0.29, 0.717) is 22.1 Å². The molecule has 1 atom stereocenters. The zero-order valence-electron chi connectivity index (χ0n) is 16.9. The minimum atomic E-state index is -0.301. The van der Waals surface area contributed by atoms with E-state index in [4.69, 9.17) is 11.6 Å². The van der Waals surface area contributed by atoms with Gasteiger partial charge in [-0.1, -0.05) is 44.5 Å². The topological polar surface area (TPSA) is 92.7 Å². The maximum atomic E-state index is 13.0. The van der Waals surface area contributed by atoms with Gasteiger partial charge < -0.3 is 5.32 Å². The number of rotatable bonds is 5. The van der Waals surface area contributed by atoms with Gasteiger partial charge in [0.2, 0.25) is 0 Å². The van der Waals surface area contributed by atoms with E-state index in [1.807, 2.05) is 24.3 Å². The van der Waals surface area contributed by atoms with Gasteiger partial charge in [-0.2, -0.15) is 10.2 Å². The van der Waals surface area contributed by atoms with Crippen LogP contribution in [0.3, 0.4) is 0 Å². The molecule has 0 fully saturated rings. The van der Waals surface area contributed by atoms with Crippen LogP contribution >= 0.6 is 11.6 Å². The zero-order valence-corrected chi connectivity index (χ0v) is 17.6. The number of nitrogens with one attached hydrogen (secondary N) is 2. The lowest BCUT2D eigenvalue weighted by atomic mass is 9.85. The van der Waals surface area contributed by atoms with Crippen molar-refractivity contribution in [3.63, 3.8) is 0 Å². The Kier molecular flexibility index (Phi) is 5.88. The van der Waals surface area contributed by atoms with Gasteiger partial charge in [-0.25, -0.2) is 9.78 Å². The lowest BCUT2D eigenvalue weighted by molar-refractivity contribution is 0.0925. The monoisotopic (exact) mass is 413 g/mol. The van der Waals surface area contributed by atoms with E-state index >= 15 is 0 Å².